The van der Waals surface area contributed by atoms with Gasteiger partial charge in [-0.15, -0.1) is 0 Å². The molecule has 0 spiro atoms. The first-order chi connectivity index (χ1) is 20.3. The first-order valence-corrected chi connectivity index (χ1v) is 15.1. The fourth-order valence-corrected chi connectivity index (χ4v) is 6.74. The van der Waals surface area contributed by atoms with Crippen molar-refractivity contribution in [3.63, 3.8) is 0 Å². The number of esters is 1. The van der Waals surface area contributed by atoms with E-state index in [4.69, 9.17) is 20.8 Å². The van der Waals surface area contributed by atoms with Gasteiger partial charge in [0.05, 0.1) is 22.4 Å². The van der Waals surface area contributed by atoms with E-state index in [2.05, 4.69) is 5.10 Å². The standard InChI is InChI=1S/C31H26ClN3O6S/c32-25-12-10-22(11-13-25)27-18-28(29-9-4-16-40-29)35(33-27)30(36)20-41-31(37)23-7-3-8-26(17-23)42(38,39)34-15-14-21-5-1-2-6-24(21)19-34/h1-13,16-17,28H,14-15,18-20H2. The van der Waals surface area contributed by atoms with Gasteiger partial charge in [0, 0.05) is 24.5 Å². The lowest BCUT2D eigenvalue weighted by Gasteiger charge is -2.28. The topological polar surface area (TPSA) is 109 Å². The second-order valence-electron chi connectivity index (χ2n) is 9.99. The van der Waals surface area contributed by atoms with Gasteiger partial charge in [0.1, 0.15) is 11.8 Å². The van der Waals surface area contributed by atoms with Gasteiger partial charge in [0.15, 0.2) is 6.61 Å². The molecule has 3 heterocycles. The van der Waals surface area contributed by atoms with Crippen LogP contribution in [0.1, 0.15) is 45.3 Å². The van der Waals surface area contributed by atoms with E-state index in [0.29, 0.717) is 35.9 Å². The molecule has 0 aliphatic carbocycles. The summed E-state index contributed by atoms with van der Waals surface area (Å²) in [6, 6.07) is 23.5. The first-order valence-electron chi connectivity index (χ1n) is 13.3. The number of ether oxygens (including phenoxy) is 1. The van der Waals surface area contributed by atoms with Gasteiger partial charge in [-0.2, -0.15) is 9.41 Å². The number of rotatable bonds is 7. The fraction of sp³-hybridized carbons (Fsp3) is 0.194. The number of carbonyl (C=O) groups excluding carboxylic acids is 2. The highest BCUT2D eigenvalue weighted by molar-refractivity contribution is 7.89. The molecule has 0 fully saturated rings. The Bertz CT molecular complexity index is 1770. The number of nitrogens with zero attached hydrogens (tertiary/aromatic N) is 3. The predicted molar refractivity (Wildman–Crippen MR) is 155 cm³/mol. The van der Waals surface area contributed by atoms with Gasteiger partial charge in [-0.3, -0.25) is 4.79 Å². The second-order valence-corrected chi connectivity index (χ2v) is 12.4. The highest BCUT2D eigenvalue weighted by Crippen LogP contribution is 2.33. The van der Waals surface area contributed by atoms with Gasteiger partial charge in [-0.05, 0) is 65.6 Å². The lowest BCUT2D eigenvalue weighted by atomic mass is 10.0. The monoisotopic (exact) mass is 603 g/mol. The maximum Gasteiger partial charge on any atom is 0.338 e. The summed E-state index contributed by atoms with van der Waals surface area (Å²) in [5, 5.41) is 6.35. The zero-order valence-corrected chi connectivity index (χ0v) is 23.9. The van der Waals surface area contributed by atoms with E-state index in [1.807, 2.05) is 36.4 Å². The van der Waals surface area contributed by atoms with Crippen LogP contribution in [0, 0.1) is 0 Å². The van der Waals surface area contributed by atoms with Gasteiger partial charge in [0.25, 0.3) is 5.91 Å². The van der Waals surface area contributed by atoms with Crippen LogP contribution < -0.4 is 0 Å². The number of amides is 1. The fourth-order valence-electron chi connectivity index (χ4n) is 5.14. The van der Waals surface area contributed by atoms with Gasteiger partial charge < -0.3 is 9.15 Å². The van der Waals surface area contributed by atoms with Gasteiger partial charge in [-0.1, -0.05) is 54.1 Å². The highest BCUT2D eigenvalue weighted by atomic mass is 35.5. The number of furan rings is 1. The summed E-state index contributed by atoms with van der Waals surface area (Å²) in [6.07, 6.45) is 2.52. The van der Waals surface area contributed by atoms with Crippen LogP contribution in [0.3, 0.4) is 0 Å². The first kappa shape index (κ1) is 27.9. The third kappa shape index (κ3) is 5.61. The van der Waals surface area contributed by atoms with Gasteiger partial charge >= 0.3 is 5.97 Å². The molecule has 1 aromatic heterocycles. The molecular weight excluding hydrogens is 578 g/mol. The maximum atomic E-state index is 13.4. The van der Waals surface area contributed by atoms with Crippen LogP contribution in [0.15, 0.2) is 106 Å². The number of sulfonamides is 1. The van der Waals surface area contributed by atoms with E-state index >= 15 is 0 Å². The number of hydrogen-bond donors (Lipinski definition) is 0. The minimum Gasteiger partial charge on any atom is -0.467 e. The largest absolute Gasteiger partial charge is 0.467 e. The second kappa shape index (κ2) is 11.6. The molecule has 0 bridgehead atoms. The molecule has 6 rings (SSSR count). The minimum atomic E-state index is -3.86. The Kier molecular flexibility index (Phi) is 7.68. The van der Waals surface area contributed by atoms with Crippen molar-refractivity contribution in [3.05, 3.63) is 124 Å². The van der Waals surface area contributed by atoms with Crippen LogP contribution in [-0.2, 0) is 32.5 Å². The molecule has 2 aliphatic rings. The normalized spacial score (nSPS) is 17.0. The van der Waals surface area contributed by atoms with E-state index in [1.165, 1.54) is 39.8 Å². The van der Waals surface area contributed by atoms with E-state index in [1.54, 1.807) is 24.3 Å². The molecule has 214 valence electrons. The molecule has 2 aliphatic heterocycles. The van der Waals surface area contributed by atoms with Gasteiger partial charge in [0.2, 0.25) is 10.0 Å². The van der Waals surface area contributed by atoms with E-state index < -0.39 is 34.5 Å². The summed E-state index contributed by atoms with van der Waals surface area (Å²) in [6.45, 7) is 0.00786. The molecule has 1 unspecified atom stereocenters. The van der Waals surface area contributed by atoms with Crippen LogP contribution in [0.4, 0.5) is 0 Å². The van der Waals surface area contributed by atoms with Gasteiger partial charge in [-0.25, -0.2) is 18.2 Å². The molecule has 11 heteroatoms. The Morgan fingerprint density at radius 1 is 0.976 bits per heavy atom. The van der Waals surface area contributed by atoms with E-state index in [-0.39, 0.29) is 17.0 Å². The SMILES string of the molecule is O=C(OCC(=O)N1N=C(c2ccc(Cl)cc2)CC1c1ccco1)c1cccc(S(=O)(=O)N2CCc3ccccc3C2)c1. The molecule has 1 atom stereocenters. The van der Waals surface area contributed by atoms with Crippen molar-refractivity contribution >= 4 is 39.2 Å². The Morgan fingerprint density at radius 3 is 2.52 bits per heavy atom. The van der Waals surface area contributed by atoms with Crippen LogP contribution in [0.5, 0.6) is 0 Å². The van der Waals surface area contributed by atoms with Crippen LogP contribution in [-0.4, -0.2) is 48.5 Å². The number of benzene rings is 3. The Morgan fingerprint density at radius 2 is 1.76 bits per heavy atom. The number of fused-ring (bicyclic) bond motifs is 1. The van der Waals surface area contributed by atoms with Crippen molar-refractivity contribution in [1.29, 1.82) is 0 Å². The number of hydrazone groups is 1. The lowest BCUT2D eigenvalue weighted by molar-refractivity contribution is -0.136. The molecular formula is C31H26ClN3O6S. The number of hydrogen-bond acceptors (Lipinski definition) is 7. The van der Waals surface area contributed by atoms with Crippen LogP contribution >= 0.6 is 11.6 Å². The summed E-state index contributed by atoms with van der Waals surface area (Å²) >= 11 is 6.02. The Balaban J connectivity index is 1.15. The quantitative estimate of drug-likeness (QED) is 0.268. The predicted octanol–water partition coefficient (Wildman–Crippen LogP) is 5.21. The molecule has 42 heavy (non-hydrogen) atoms. The van der Waals surface area contributed by atoms with Crippen molar-refractivity contribution in [2.24, 2.45) is 5.10 Å². The smallest absolute Gasteiger partial charge is 0.338 e. The molecule has 4 aromatic rings. The van der Waals surface area contributed by atoms with Crippen molar-refractivity contribution < 1.29 is 27.2 Å². The van der Waals surface area contributed by atoms with E-state index in [9.17, 15) is 18.0 Å². The Labute approximate surface area is 248 Å². The lowest BCUT2D eigenvalue weighted by Crippen LogP contribution is -2.36. The van der Waals surface area contributed by atoms with E-state index in [0.717, 1.165) is 16.7 Å². The molecule has 3 aromatic carbocycles. The van der Waals surface area contributed by atoms with Crippen LogP contribution in [0.2, 0.25) is 5.02 Å². The average molecular weight is 604 g/mol. The molecule has 9 nitrogen and oxygen atoms in total. The van der Waals surface area contributed by atoms with Crippen LogP contribution in [0.25, 0.3) is 0 Å². The third-order valence-corrected chi connectivity index (χ3v) is 9.44. The molecule has 0 radical (unpaired) electrons. The van der Waals surface area contributed by atoms with Crippen molar-refractivity contribution in [3.8, 4) is 0 Å². The summed E-state index contributed by atoms with van der Waals surface area (Å²) < 4.78 is 39.1. The summed E-state index contributed by atoms with van der Waals surface area (Å²) in [7, 11) is -3.86. The Hall–Kier alpha value is -4.25. The highest BCUT2D eigenvalue weighted by Gasteiger charge is 2.35. The minimum absolute atomic E-state index is 0.0164. The number of halogens is 1. The molecule has 1 amide bonds. The molecule has 0 saturated heterocycles. The zero-order chi connectivity index (χ0) is 29.3. The average Bonchev–Trinajstić information content (AvgIpc) is 3.71. The van der Waals surface area contributed by atoms with Crippen molar-refractivity contribution in [2.75, 3.05) is 13.2 Å². The summed E-state index contributed by atoms with van der Waals surface area (Å²) in [5.74, 6) is -0.829. The summed E-state index contributed by atoms with van der Waals surface area (Å²) in [5.41, 5.74) is 3.57. The third-order valence-electron chi connectivity index (χ3n) is 7.34. The maximum absolute atomic E-state index is 13.4. The molecule has 0 saturated carbocycles. The zero-order valence-electron chi connectivity index (χ0n) is 22.4. The summed E-state index contributed by atoms with van der Waals surface area (Å²) in [4.78, 5) is 26.2. The number of carbonyl (C=O) groups is 2. The van der Waals surface area contributed by atoms with Crippen molar-refractivity contribution in [2.45, 2.75) is 30.3 Å². The van der Waals surface area contributed by atoms with Crippen molar-refractivity contribution in [1.82, 2.24) is 9.31 Å². The molecule has 0 N–H and O–H groups in total.